The molecule has 5 heteroatoms. The molecule has 0 amide bonds. The minimum Gasteiger partial charge on any atom is -0.507 e. The van der Waals surface area contributed by atoms with Crippen molar-refractivity contribution in [1.82, 2.24) is 0 Å². The molecule has 0 spiro atoms. The number of hydrogen-bond donors (Lipinski definition) is 1. The fraction of sp³-hybridized carbons (Fsp3) is 0.483. The Labute approximate surface area is 204 Å². The number of rotatable bonds is 7. The Hall–Kier alpha value is -2.95. The first-order valence-electron chi connectivity index (χ1n) is 11.6. The lowest BCUT2D eigenvalue weighted by atomic mass is 9.75. The Balaban J connectivity index is 3.01. The van der Waals surface area contributed by atoms with Crippen LogP contribution < -0.4 is 14.2 Å². The fourth-order valence-corrected chi connectivity index (χ4v) is 4.23. The number of phenolic OH excluding ortho intramolecular Hbond substituents is 1. The molecule has 0 aliphatic heterocycles. The van der Waals surface area contributed by atoms with E-state index in [1.807, 2.05) is 24.3 Å². The molecule has 5 nitrogen and oxygen atoms in total. The standard InChI is InChI=1S/C29H40O5/c1-12-24(30)34-27-21(14-19(33-11)16-23(27)29(7,8)9)25(17(2)3)20-13-18(32-10)15-22(26(20)31)28(4,5)6/h12-17,25,31H,1H2,2-11H3. The summed E-state index contributed by atoms with van der Waals surface area (Å²) in [5.41, 5.74) is 2.45. The molecule has 2 aromatic carbocycles. The summed E-state index contributed by atoms with van der Waals surface area (Å²) >= 11 is 0. The number of aromatic hydroxyl groups is 1. The second-order valence-electron chi connectivity index (χ2n) is 11.1. The predicted molar refractivity (Wildman–Crippen MR) is 138 cm³/mol. The molecule has 0 fully saturated rings. The van der Waals surface area contributed by atoms with Crippen LogP contribution in [0.25, 0.3) is 0 Å². The maximum absolute atomic E-state index is 12.4. The van der Waals surface area contributed by atoms with Gasteiger partial charge in [-0.25, -0.2) is 4.79 Å². The summed E-state index contributed by atoms with van der Waals surface area (Å²) in [5.74, 6) is 1.20. The van der Waals surface area contributed by atoms with Crippen LogP contribution in [0.15, 0.2) is 36.9 Å². The summed E-state index contributed by atoms with van der Waals surface area (Å²) in [5, 5.41) is 11.5. The highest BCUT2D eigenvalue weighted by Crippen LogP contribution is 2.49. The van der Waals surface area contributed by atoms with Crippen LogP contribution in [-0.4, -0.2) is 25.3 Å². The van der Waals surface area contributed by atoms with Gasteiger partial charge in [-0.3, -0.25) is 0 Å². The summed E-state index contributed by atoms with van der Waals surface area (Å²) in [6.45, 7) is 20.1. The SMILES string of the molecule is C=CC(=O)Oc1c(C(c2cc(OC)cc(C(C)(C)C)c2O)C(C)C)cc(OC)cc1C(C)(C)C. The second kappa shape index (κ2) is 10.1. The van der Waals surface area contributed by atoms with Gasteiger partial charge in [-0.05, 0) is 41.0 Å². The van der Waals surface area contributed by atoms with Gasteiger partial charge >= 0.3 is 5.97 Å². The molecular formula is C29H40O5. The van der Waals surface area contributed by atoms with Crippen LogP contribution in [0.5, 0.6) is 23.0 Å². The Kier molecular flexibility index (Phi) is 8.13. The molecule has 0 aromatic heterocycles. The van der Waals surface area contributed by atoms with Crippen LogP contribution in [0.3, 0.4) is 0 Å². The topological polar surface area (TPSA) is 65.0 Å². The maximum atomic E-state index is 12.4. The first-order valence-corrected chi connectivity index (χ1v) is 11.6. The highest BCUT2D eigenvalue weighted by atomic mass is 16.5. The Morgan fingerprint density at radius 1 is 0.882 bits per heavy atom. The van der Waals surface area contributed by atoms with Crippen molar-refractivity contribution in [3.05, 3.63) is 59.2 Å². The molecule has 0 aliphatic rings. The molecule has 0 radical (unpaired) electrons. The molecule has 34 heavy (non-hydrogen) atoms. The molecule has 0 bridgehead atoms. The lowest BCUT2D eigenvalue weighted by molar-refractivity contribution is -0.129. The number of phenols is 1. The van der Waals surface area contributed by atoms with Crippen molar-refractivity contribution in [2.24, 2.45) is 5.92 Å². The lowest BCUT2D eigenvalue weighted by Gasteiger charge is -2.31. The van der Waals surface area contributed by atoms with E-state index in [0.717, 1.165) is 22.8 Å². The van der Waals surface area contributed by atoms with Crippen molar-refractivity contribution in [3.63, 3.8) is 0 Å². The third-order valence-corrected chi connectivity index (χ3v) is 6.00. The van der Waals surface area contributed by atoms with E-state index in [0.29, 0.717) is 22.8 Å². The number of ether oxygens (including phenoxy) is 3. The number of hydrogen-bond acceptors (Lipinski definition) is 5. The fourth-order valence-electron chi connectivity index (χ4n) is 4.23. The summed E-state index contributed by atoms with van der Waals surface area (Å²) in [6, 6.07) is 7.53. The van der Waals surface area contributed by atoms with Crippen LogP contribution >= 0.6 is 0 Å². The van der Waals surface area contributed by atoms with Crippen LogP contribution in [0.4, 0.5) is 0 Å². The maximum Gasteiger partial charge on any atom is 0.335 e. The molecule has 1 unspecified atom stereocenters. The average molecular weight is 469 g/mol. The quantitative estimate of drug-likeness (QED) is 0.272. The van der Waals surface area contributed by atoms with E-state index in [4.69, 9.17) is 14.2 Å². The largest absolute Gasteiger partial charge is 0.507 e. The highest BCUT2D eigenvalue weighted by molar-refractivity contribution is 5.84. The molecular weight excluding hydrogens is 428 g/mol. The van der Waals surface area contributed by atoms with Gasteiger partial charge in [-0.15, -0.1) is 0 Å². The van der Waals surface area contributed by atoms with Gasteiger partial charge in [0.15, 0.2) is 0 Å². The summed E-state index contributed by atoms with van der Waals surface area (Å²) in [7, 11) is 3.24. The van der Waals surface area contributed by atoms with Gasteiger partial charge in [0, 0.05) is 34.2 Å². The van der Waals surface area contributed by atoms with Crippen molar-refractivity contribution in [1.29, 1.82) is 0 Å². The molecule has 0 saturated heterocycles. The zero-order valence-corrected chi connectivity index (χ0v) is 22.3. The van der Waals surface area contributed by atoms with Gasteiger partial charge in [0.1, 0.15) is 23.0 Å². The van der Waals surface area contributed by atoms with Gasteiger partial charge in [0.25, 0.3) is 0 Å². The molecule has 2 aromatic rings. The third-order valence-electron chi connectivity index (χ3n) is 6.00. The highest BCUT2D eigenvalue weighted by Gasteiger charge is 2.33. The van der Waals surface area contributed by atoms with E-state index >= 15 is 0 Å². The van der Waals surface area contributed by atoms with Crippen molar-refractivity contribution in [2.75, 3.05) is 14.2 Å². The molecule has 0 saturated carbocycles. The predicted octanol–water partition coefficient (Wildman–Crippen LogP) is 6.88. The van der Waals surface area contributed by atoms with E-state index in [-0.39, 0.29) is 28.4 Å². The van der Waals surface area contributed by atoms with Gasteiger partial charge in [0.05, 0.1) is 14.2 Å². The Morgan fingerprint density at radius 3 is 1.76 bits per heavy atom. The van der Waals surface area contributed by atoms with Crippen LogP contribution in [0, 0.1) is 5.92 Å². The smallest absolute Gasteiger partial charge is 0.335 e. The molecule has 1 atom stereocenters. The minimum atomic E-state index is -0.537. The lowest BCUT2D eigenvalue weighted by Crippen LogP contribution is -2.20. The van der Waals surface area contributed by atoms with Crippen molar-refractivity contribution in [3.8, 4) is 23.0 Å². The number of carbonyl (C=O) groups excluding carboxylic acids is 1. The zero-order chi connectivity index (χ0) is 26.0. The third kappa shape index (κ3) is 5.75. The van der Waals surface area contributed by atoms with E-state index in [2.05, 4.69) is 62.0 Å². The van der Waals surface area contributed by atoms with E-state index in [9.17, 15) is 9.90 Å². The van der Waals surface area contributed by atoms with Crippen LogP contribution in [-0.2, 0) is 15.6 Å². The van der Waals surface area contributed by atoms with Crippen LogP contribution in [0.2, 0.25) is 0 Å². The molecule has 2 rings (SSSR count). The first kappa shape index (κ1) is 27.3. The summed E-state index contributed by atoms with van der Waals surface area (Å²) in [4.78, 5) is 12.4. The first-order chi connectivity index (χ1) is 15.6. The summed E-state index contributed by atoms with van der Waals surface area (Å²) < 4.78 is 17.1. The minimum absolute atomic E-state index is 0.0481. The monoisotopic (exact) mass is 468 g/mol. The normalized spacial score (nSPS) is 12.9. The number of methoxy groups -OCH3 is 2. The van der Waals surface area contributed by atoms with Gasteiger partial charge in [-0.2, -0.15) is 0 Å². The van der Waals surface area contributed by atoms with Gasteiger partial charge in [0.2, 0.25) is 0 Å². The average Bonchev–Trinajstić information content (AvgIpc) is 2.73. The number of benzene rings is 2. The molecule has 0 heterocycles. The van der Waals surface area contributed by atoms with E-state index in [1.165, 1.54) is 0 Å². The van der Waals surface area contributed by atoms with E-state index in [1.54, 1.807) is 14.2 Å². The Bertz CT molecular complexity index is 1050. The molecule has 0 aliphatic carbocycles. The van der Waals surface area contributed by atoms with Gasteiger partial charge in [-0.1, -0.05) is 62.0 Å². The second-order valence-corrected chi connectivity index (χ2v) is 11.1. The van der Waals surface area contributed by atoms with Crippen molar-refractivity contribution >= 4 is 5.97 Å². The number of carbonyl (C=O) groups is 1. The molecule has 1 N–H and O–H groups in total. The Morgan fingerprint density at radius 2 is 1.35 bits per heavy atom. The zero-order valence-electron chi connectivity index (χ0n) is 22.3. The van der Waals surface area contributed by atoms with Crippen molar-refractivity contribution < 1.29 is 24.1 Å². The van der Waals surface area contributed by atoms with Gasteiger partial charge < -0.3 is 19.3 Å². The molecule has 186 valence electrons. The number of esters is 1. The van der Waals surface area contributed by atoms with E-state index < -0.39 is 5.97 Å². The summed E-state index contributed by atoms with van der Waals surface area (Å²) in [6.07, 6.45) is 1.16. The van der Waals surface area contributed by atoms with Crippen molar-refractivity contribution in [2.45, 2.75) is 72.1 Å². The van der Waals surface area contributed by atoms with Crippen LogP contribution in [0.1, 0.15) is 83.6 Å².